The number of nitrogens with two attached hydrogens (primary N) is 1. The summed E-state index contributed by atoms with van der Waals surface area (Å²) in [6.45, 7) is 5.40. The number of hydrogen-bond acceptors (Lipinski definition) is 5. The third-order valence-electron chi connectivity index (χ3n) is 3.02. The van der Waals surface area contributed by atoms with Crippen LogP contribution in [0.1, 0.15) is 25.5 Å². The minimum absolute atomic E-state index is 0.312. The van der Waals surface area contributed by atoms with Crippen LogP contribution in [-0.4, -0.2) is 33.8 Å². The van der Waals surface area contributed by atoms with Crippen molar-refractivity contribution in [2.24, 2.45) is 0 Å². The van der Waals surface area contributed by atoms with Crippen molar-refractivity contribution in [3.05, 3.63) is 11.8 Å². The molecule has 0 spiro atoms. The lowest BCUT2D eigenvalue weighted by Gasteiger charge is -2.36. The van der Waals surface area contributed by atoms with Gasteiger partial charge in [0.1, 0.15) is 5.82 Å². The number of nitrogens with zero attached hydrogens (tertiary/aromatic N) is 3. The zero-order valence-electron chi connectivity index (χ0n) is 9.77. The van der Waals surface area contributed by atoms with Crippen LogP contribution in [0, 0.1) is 6.92 Å². The van der Waals surface area contributed by atoms with Gasteiger partial charge in [0, 0.05) is 24.8 Å². The van der Waals surface area contributed by atoms with E-state index >= 15 is 0 Å². The van der Waals surface area contributed by atoms with Crippen LogP contribution in [0.5, 0.6) is 0 Å². The van der Waals surface area contributed by atoms with Crippen LogP contribution in [0.2, 0.25) is 0 Å². The number of anilines is 2. The molecular weight excluding hydrogens is 204 g/mol. The van der Waals surface area contributed by atoms with E-state index in [0.717, 1.165) is 37.4 Å². The maximum absolute atomic E-state index is 9.86. The van der Waals surface area contributed by atoms with Crippen LogP contribution in [0.4, 0.5) is 11.8 Å². The molecule has 88 valence electrons. The van der Waals surface area contributed by atoms with Gasteiger partial charge < -0.3 is 15.7 Å². The molecule has 2 rings (SSSR count). The van der Waals surface area contributed by atoms with Gasteiger partial charge in [0.05, 0.1) is 5.60 Å². The van der Waals surface area contributed by atoms with E-state index in [1.54, 1.807) is 0 Å². The maximum Gasteiger partial charge on any atom is 0.222 e. The van der Waals surface area contributed by atoms with Crippen LogP contribution in [-0.2, 0) is 0 Å². The summed E-state index contributed by atoms with van der Waals surface area (Å²) in [7, 11) is 0. The minimum Gasteiger partial charge on any atom is -0.390 e. The summed E-state index contributed by atoms with van der Waals surface area (Å²) in [6, 6.07) is 1.93. The van der Waals surface area contributed by atoms with E-state index in [2.05, 4.69) is 14.9 Å². The first-order valence-electron chi connectivity index (χ1n) is 5.55. The molecule has 0 unspecified atom stereocenters. The zero-order chi connectivity index (χ0) is 11.8. The van der Waals surface area contributed by atoms with E-state index in [9.17, 15) is 5.11 Å². The Morgan fingerprint density at radius 3 is 2.56 bits per heavy atom. The molecule has 0 aromatic carbocycles. The van der Waals surface area contributed by atoms with E-state index in [1.807, 2.05) is 19.9 Å². The van der Waals surface area contributed by atoms with Gasteiger partial charge in [0.15, 0.2) is 0 Å². The van der Waals surface area contributed by atoms with Gasteiger partial charge in [0.25, 0.3) is 0 Å². The first-order chi connectivity index (χ1) is 7.46. The van der Waals surface area contributed by atoms with Gasteiger partial charge in [0.2, 0.25) is 5.95 Å². The van der Waals surface area contributed by atoms with E-state index in [1.165, 1.54) is 0 Å². The van der Waals surface area contributed by atoms with Crippen LogP contribution >= 0.6 is 0 Å². The summed E-state index contributed by atoms with van der Waals surface area (Å²) in [4.78, 5) is 10.4. The third kappa shape index (κ3) is 2.41. The monoisotopic (exact) mass is 222 g/mol. The molecule has 1 saturated heterocycles. The zero-order valence-corrected chi connectivity index (χ0v) is 9.77. The van der Waals surface area contributed by atoms with Crippen molar-refractivity contribution in [1.82, 2.24) is 9.97 Å². The molecule has 1 aliphatic rings. The fourth-order valence-electron chi connectivity index (χ4n) is 1.95. The predicted octanol–water partition coefficient (Wildman–Crippen LogP) is 0.718. The highest BCUT2D eigenvalue weighted by atomic mass is 16.3. The molecule has 3 N–H and O–H groups in total. The molecule has 0 aliphatic carbocycles. The molecule has 0 atom stereocenters. The molecule has 5 heteroatoms. The minimum atomic E-state index is -0.538. The quantitative estimate of drug-likeness (QED) is 0.732. The van der Waals surface area contributed by atoms with Crippen LogP contribution < -0.4 is 10.6 Å². The fourth-order valence-corrected chi connectivity index (χ4v) is 1.95. The Balaban J connectivity index is 2.14. The number of nitrogen functional groups attached to an aromatic ring is 1. The first-order valence-corrected chi connectivity index (χ1v) is 5.55. The van der Waals surface area contributed by atoms with Gasteiger partial charge in [-0.1, -0.05) is 0 Å². The van der Waals surface area contributed by atoms with Crippen LogP contribution in [0.15, 0.2) is 6.07 Å². The lowest BCUT2D eigenvalue weighted by atomic mass is 9.94. The van der Waals surface area contributed by atoms with Gasteiger partial charge in [-0.2, -0.15) is 4.98 Å². The lowest BCUT2D eigenvalue weighted by Crippen LogP contribution is -2.42. The Hall–Kier alpha value is -1.36. The number of rotatable bonds is 1. The Labute approximate surface area is 95.3 Å². The van der Waals surface area contributed by atoms with Crippen molar-refractivity contribution in [1.29, 1.82) is 0 Å². The summed E-state index contributed by atoms with van der Waals surface area (Å²) < 4.78 is 0. The highest BCUT2D eigenvalue weighted by molar-refractivity contribution is 5.43. The second kappa shape index (κ2) is 3.90. The number of aryl methyl sites for hydroxylation is 1. The van der Waals surface area contributed by atoms with Gasteiger partial charge in [-0.05, 0) is 26.7 Å². The summed E-state index contributed by atoms with van der Waals surface area (Å²) >= 11 is 0. The molecule has 16 heavy (non-hydrogen) atoms. The van der Waals surface area contributed by atoms with Crippen molar-refractivity contribution >= 4 is 11.8 Å². The number of piperidine rings is 1. The first kappa shape index (κ1) is 11.1. The molecule has 0 bridgehead atoms. The predicted molar refractivity (Wildman–Crippen MR) is 63.3 cm³/mol. The second-order valence-corrected chi connectivity index (χ2v) is 4.71. The number of hydrogen-bond donors (Lipinski definition) is 2. The van der Waals surface area contributed by atoms with E-state index in [4.69, 9.17) is 5.73 Å². The topological polar surface area (TPSA) is 75.3 Å². The molecule has 1 aliphatic heterocycles. The Morgan fingerprint density at radius 2 is 2.00 bits per heavy atom. The summed E-state index contributed by atoms with van der Waals surface area (Å²) in [6.07, 6.45) is 1.52. The highest BCUT2D eigenvalue weighted by Gasteiger charge is 2.27. The fraction of sp³-hybridized carbons (Fsp3) is 0.636. The Kier molecular flexibility index (Phi) is 2.71. The third-order valence-corrected chi connectivity index (χ3v) is 3.02. The molecule has 5 nitrogen and oxygen atoms in total. The molecule has 1 aromatic rings. The second-order valence-electron chi connectivity index (χ2n) is 4.71. The largest absolute Gasteiger partial charge is 0.390 e. The summed E-state index contributed by atoms with van der Waals surface area (Å²) in [5.74, 6) is 1.17. The Morgan fingerprint density at radius 1 is 1.38 bits per heavy atom. The maximum atomic E-state index is 9.86. The molecule has 0 saturated carbocycles. The highest BCUT2D eigenvalue weighted by Crippen LogP contribution is 2.25. The molecule has 2 heterocycles. The lowest BCUT2D eigenvalue weighted by molar-refractivity contribution is 0.0350. The van der Waals surface area contributed by atoms with Crippen molar-refractivity contribution in [3.63, 3.8) is 0 Å². The number of aromatic nitrogens is 2. The molecule has 1 fully saturated rings. The molecule has 0 radical (unpaired) electrons. The number of aliphatic hydroxyl groups is 1. The van der Waals surface area contributed by atoms with E-state index in [-0.39, 0.29) is 0 Å². The van der Waals surface area contributed by atoms with Gasteiger partial charge >= 0.3 is 0 Å². The van der Waals surface area contributed by atoms with Crippen molar-refractivity contribution in [2.45, 2.75) is 32.3 Å². The smallest absolute Gasteiger partial charge is 0.222 e. The van der Waals surface area contributed by atoms with Gasteiger partial charge in [-0.3, -0.25) is 0 Å². The van der Waals surface area contributed by atoms with Crippen LogP contribution in [0.25, 0.3) is 0 Å². The average Bonchev–Trinajstić information content (AvgIpc) is 2.15. The average molecular weight is 222 g/mol. The Bertz CT molecular complexity index is 361. The van der Waals surface area contributed by atoms with Crippen molar-refractivity contribution in [3.8, 4) is 0 Å². The SMILES string of the molecule is Cc1cc(N2CCC(C)(O)CC2)nc(N)n1. The van der Waals surface area contributed by atoms with Gasteiger partial charge in [-0.25, -0.2) is 4.98 Å². The van der Waals surface area contributed by atoms with E-state index in [0.29, 0.717) is 5.95 Å². The molecule has 0 amide bonds. The van der Waals surface area contributed by atoms with Crippen molar-refractivity contribution in [2.75, 3.05) is 23.7 Å². The summed E-state index contributed by atoms with van der Waals surface area (Å²) in [5, 5.41) is 9.86. The normalized spacial score (nSPS) is 19.8. The van der Waals surface area contributed by atoms with Gasteiger partial charge in [-0.15, -0.1) is 0 Å². The molecule has 1 aromatic heterocycles. The summed E-state index contributed by atoms with van der Waals surface area (Å²) in [5.41, 5.74) is 5.96. The van der Waals surface area contributed by atoms with E-state index < -0.39 is 5.60 Å². The molecular formula is C11H18N4O. The van der Waals surface area contributed by atoms with Crippen LogP contribution in [0.3, 0.4) is 0 Å². The van der Waals surface area contributed by atoms with Crippen molar-refractivity contribution < 1.29 is 5.11 Å². The standard InChI is InChI=1S/C11H18N4O/c1-8-7-9(14-10(12)13-8)15-5-3-11(2,16)4-6-15/h7,16H,3-6H2,1-2H3,(H2,12,13,14).